The van der Waals surface area contributed by atoms with Crippen LogP contribution in [-0.4, -0.2) is 0 Å². The van der Waals surface area contributed by atoms with Crippen LogP contribution in [-0.2, 0) is 0 Å². The monoisotopic (exact) mass is 1600 g/mol. The average molecular weight is 1600 g/mol. The van der Waals surface area contributed by atoms with Gasteiger partial charge < -0.3 is 0 Å². The van der Waals surface area contributed by atoms with Crippen LogP contribution in [0.15, 0.2) is 516 Å². The van der Waals surface area contributed by atoms with Gasteiger partial charge in [-0.2, -0.15) is 0 Å². The molecule has 0 saturated heterocycles. The third-order valence-corrected chi connectivity index (χ3v) is 22.9. The van der Waals surface area contributed by atoms with E-state index >= 15 is 0 Å². The summed E-state index contributed by atoms with van der Waals surface area (Å²) in [5, 5.41) is 0. The van der Waals surface area contributed by atoms with Crippen LogP contribution in [0, 0.1) is 34.6 Å². The molecule has 20 aromatic carbocycles. The highest BCUT2D eigenvalue weighted by atomic mass is 14.2. The van der Waals surface area contributed by atoms with Crippen molar-refractivity contribution in [2.45, 2.75) is 34.6 Å². The van der Waals surface area contributed by atoms with Gasteiger partial charge >= 0.3 is 0 Å². The van der Waals surface area contributed by atoms with E-state index in [1.807, 2.05) is 0 Å². The predicted octanol–water partition coefficient (Wildman–Crippen LogP) is 35.0. The first-order valence-corrected chi connectivity index (χ1v) is 43.2. The molecule has 0 heteroatoms. The standard InChI is InChI=1S/5C25H20/c1-19-11-10-18-23(21-14-6-3-7-15-21)25(19)24-17-9-8-16-22(24)20-12-4-2-5-13-20;1-19-10-8-9-15-25(19)24-17-22(20-11-4-2-5-12-20)16-23(18-24)21-13-6-3-7-14-21;1-19-9-8-14-22(15-19)25-17-23(20-10-4-2-5-11-20)16-24(18-25)21-12-6-3-7-13-21;1-19-16-17-23(21-12-6-3-7-13-21)25(18-19)24-15-9-8-14-22(24)20-10-4-2-5-11-20;1-19-16-17-24(25(18-19)21-12-6-3-7-13-21)23-15-9-8-14-22(23)20-10-4-2-5-11-20/h5*2-18H,1H3. The first-order valence-electron chi connectivity index (χ1n) is 43.2. The maximum absolute atomic E-state index is 2.30. The molecule has 0 aliphatic carbocycles. The number of rotatable bonds is 15. The third-order valence-electron chi connectivity index (χ3n) is 22.9. The van der Waals surface area contributed by atoms with Crippen LogP contribution >= 0.6 is 0 Å². The molecule has 0 nitrogen and oxygen atoms in total. The fourth-order valence-corrected chi connectivity index (χ4v) is 16.6. The molecular formula is C125H100. The smallest absolute Gasteiger partial charge is 0.00699 e. The topological polar surface area (TPSA) is 0 Å². The van der Waals surface area contributed by atoms with Crippen molar-refractivity contribution in [3.63, 3.8) is 0 Å². The fourth-order valence-electron chi connectivity index (χ4n) is 16.6. The lowest BCUT2D eigenvalue weighted by atomic mass is 9.87. The molecular weight excluding hydrogens is 1500 g/mol. The number of hydrogen-bond acceptors (Lipinski definition) is 0. The maximum Gasteiger partial charge on any atom is -0.00699 e. The summed E-state index contributed by atoms with van der Waals surface area (Å²) in [6.45, 7) is 10.8. The van der Waals surface area contributed by atoms with Crippen molar-refractivity contribution in [2.24, 2.45) is 0 Å². The molecule has 0 aliphatic heterocycles. The zero-order chi connectivity index (χ0) is 85.3. The molecule has 0 saturated carbocycles. The molecule has 0 spiro atoms. The Morgan fingerprint density at radius 3 is 0.696 bits per heavy atom. The molecule has 125 heavy (non-hydrogen) atoms. The van der Waals surface area contributed by atoms with Crippen molar-refractivity contribution in [1.29, 1.82) is 0 Å². The van der Waals surface area contributed by atoms with Crippen molar-refractivity contribution >= 4 is 0 Å². The van der Waals surface area contributed by atoms with E-state index in [0.717, 1.165) is 0 Å². The Bertz CT molecular complexity index is 6710. The first kappa shape index (κ1) is 83.1. The van der Waals surface area contributed by atoms with Crippen LogP contribution in [0.5, 0.6) is 0 Å². The van der Waals surface area contributed by atoms with E-state index in [2.05, 4.69) is 550 Å². The fraction of sp³-hybridized carbons (Fsp3) is 0.0400. The van der Waals surface area contributed by atoms with Gasteiger partial charge in [-0.25, -0.2) is 0 Å². The van der Waals surface area contributed by atoms with Gasteiger partial charge in [-0.15, -0.1) is 0 Å². The minimum absolute atomic E-state index is 1.24. The van der Waals surface area contributed by atoms with Crippen molar-refractivity contribution in [3.05, 3.63) is 543 Å². The Morgan fingerprint density at radius 2 is 0.320 bits per heavy atom. The lowest BCUT2D eigenvalue weighted by Crippen LogP contribution is -1.92. The van der Waals surface area contributed by atoms with Crippen molar-refractivity contribution < 1.29 is 0 Å². The number of aryl methyl sites for hydroxylation is 5. The largest absolute Gasteiger partial charge is 0.0622 e. The van der Waals surface area contributed by atoms with E-state index in [1.54, 1.807) is 0 Å². The van der Waals surface area contributed by atoms with Crippen LogP contribution < -0.4 is 0 Å². The number of benzene rings is 20. The summed E-state index contributed by atoms with van der Waals surface area (Å²) < 4.78 is 0. The highest BCUT2D eigenvalue weighted by Crippen LogP contribution is 2.44. The Balaban J connectivity index is 0.000000115. The van der Waals surface area contributed by atoms with Gasteiger partial charge in [-0.05, 0) is 249 Å². The van der Waals surface area contributed by atoms with Crippen molar-refractivity contribution in [3.8, 4) is 167 Å². The Morgan fingerprint density at radius 1 is 0.0960 bits per heavy atom. The molecule has 0 aromatic heterocycles. The van der Waals surface area contributed by atoms with E-state index in [0.29, 0.717) is 0 Å². The summed E-state index contributed by atoms with van der Waals surface area (Å²) in [7, 11) is 0. The summed E-state index contributed by atoms with van der Waals surface area (Å²) in [6.07, 6.45) is 0. The zero-order valence-corrected chi connectivity index (χ0v) is 71.6. The second-order valence-corrected chi connectivity index (χ2v) is 31.7. The lowest BCUT2D eigenvalue weighted by Gasteiger charge is -2.17. The molecule has 0 fully saturated rings. The van der Waals surface area contributed by atoms with E-state index in [4.69, 9.17) is 0 Å². The van der Waals surface area contributed by atoms with Crippen molar-refractivity contribution in [1.82, 2.24) is 0 Å². The Hall–Kier alpha value is -15.6. The minimum atomic E-state index is 1.24. The van der Waals surface area contributed by atoms with E-state index in [1.165, 1.54) is 195 Å². The molecule has 20 aromatic rings. The van der Waals surface area contributed by atoms with Gasteiger partial charge in [0, 0.05) is 0 Å². The summed E-state index contributed by atoms with van der Waals surface area (Å²) in [4.78, 5) is 0. The van der Waals surface area contributed by atoms with Crippen LogP contribution in [0.4, 0.5) is 0 Å². The molecule has 0 unspecified atom stereocenters. The summed E-state index contributed by atoms with van der Waals surface area (Å²) >= 11 is 0. The van der Waals surface area contributed by atoms with Crippen molar-refractivity contribution in [2.75, 3.05) is 0 Å². The van der Waals surface area contributed by atoms with Gasteiger partial charge in [0.1, 0.15) is 0 Å². The molecule has 0 radical (unpaired) electrons. The Kier molecular flexibility index (Phi) is 27.3. The molecule has 0 amide bonds. The zero-order valence-electron chi connectivity index (χ0n) is 71.6. The lowest BCUT2D eigenvalue weighted by molar-refractivity contribution is 1.45. The number of hydrogen-bond donors (Lipinski definition) is 0. The molecule has 0 atom stereocenters. The van der Waals surface area contributed by atoms with E-state index in [9.17, 15) is 0 Å². The quantitative estimate of drug-likeness (QED) is 0.0960. The highest BCUT2D eigenvalue weighted by Gasteiger charge is 2.19. The predicted molar refractivity (Wildman–Crippen MR) is 537 cm³/mol. The minimum Gasteiger partial charge on any atom is -0.0622 e. The second kappa shape index (κ2) is 41.1. The third kappa shape index (κ3) is 20.9. The van der Waals surface area contributed by atoms with Gasteiger partial charge in [0.2, 0.25) is 0 Å². The normalized spacial score (nSPS) is 10.6. The van der Waals surface area contributed by atoms with Gasteiger partial charge in [0.15, 0.2) is 0 Å². The van der Waals surface area contributed by atoms with Crippen LogP contribution in [0.25, 0.3) is 167 Å². The average Bonchev–Trinajstić information content (AvgIpc) is 0.785. The molecule has 20 rings (SSSR count). The van der Waals surface area contributed by atoms with Gasteiger partial charge in [0.25, 0.3) is 0 Å². The summed E-state index contributed by atoms with van der Waals surface area (Å²) in [5.74, 6) is 0. The van der Waals surface area contributed by atoms with E-state index in [-0.39, 0.29) is 0 Å². The van der Waals surface area contributed by atoms with Gasteiger partial charge in [-0.3, -0.25) is 0 Å². The molecule has 0 aliphatic rings. The van der Waals surface area contributed by atoms with Gasteiger partial charge in [0.05, 0.1) is 0 Å². The summed E-state index contributed by atoms with van der Waals surface area (Å²) in [5.41, 5.74) is 44.3. The molecule has 600 valence electrons. The van der Waals surface area contributed by atoms with E-state index < -0.39 is 0 Å². The van der Waals surface area contributed by atoms with Crippen LogP contribution in [0.1, 0.15) is 27.8 Å². The second-order valence-electron chi connectivity index (χ2n) is 31.7. The maximum atomic E-state index is 2.30. The first-order chi connectivity index (χ1) is 61.6. The SMILES string of the molecule is Cc1ccc(-c2ccccc2)c(-c2ccccc2-c2ccccc2)c1.Cc1ccc(-c2ccccc2-c2ccccc2)c(-c2ccccc2)c1.Cc1cccc(-c2cc(-c3ccccc3)cc(-c3ccccc3)c2)c1.Cc1cccc(-c2ccccc2)c1-c1ccccc1-c1ccccc1.Cc1ccccc1-c1cc(-c2ccccc2)cc(-c2ccccc2)c1. The van der Waals surface area contributed by atoms with Gasteiger partial charge in [-0.1, -0.05) is 496 Å². The highest BCUT2D eigenvalue weighted by molar-refractivity contribution is 5.96. The summed E-state index contributed by atoms with van der Waals surface area (Å²) in [6, 6.07) is 183. The molecule has 0 heterocycles. The Labute approximate surface area is 739 Å². The molecule has 0 N–H and O–H groups in total. The van der Waals surface area contributed by atoms with Crippen LogP contribution in [0.2, 0.25) is 0 Å². The molecule has 0 bridgehead atoms. The van der Waals surface area contributed by atoms with Crippen LogP contribution in [0.3, 0.4) is 0 Å².